The summed E-state index contributed by atoms with van der Waals surface area (Å²) in [4.78, 5) is 32.3. The van der Waals surface area contributed by atoms with Crippen LogP contribution in [-0.2, 0) is 22.6 Å². The smallest absolute Gasteiger partial charge is 0.338 e. The molecule has 226 valence electrons. The quantitative estimate of drug-likeness (QED) is 0.146. The molecule has 7 nitrogen and oxygen atoms in total. The van der Waals surface area contributed by atoms with Crippen LogP contribution >= 0.6 is 34.5 Å². The van der Waals surface area contributed by atoms with Crippen LogP contribution < -0.4 is 24.4 Å². The minimum absolute atomic E-state index is 0.247. The third-order valence-corrected chi connectivity index (χ3v) is 8.89. The highest BCUT2D eigenvalue weighted by atomic mass is 35.5. The summed E-state index contributed by atoms with van der Waals surface area (Å²) in [6.07, 6.45) is 4.59. The molecular formula is C34H30Cl2N2O5S. The Labute approximate surface area is 269 Å². The lowest BCUT2D eigenvalue weighted by atomic mass is 9.95. The fourth-order valence-electron chi connectivity index (χ4n) is 5.14. The molecule has 10 heteroatoms. The van der Waals surface area contributed by atoms with Crippen molar-refractivity contribution in [2.24, 2.45) is 4.99 Å². The van der Waals surface area contributed by atoms with Crippen LogP contribution in [-0.4, -0.2) is 24.8 Å². The van der Waals surface area contributed by atoms with Gasteiger partial charge in [0.2, 0.25) is 0 Å². The summed E-state index contributed by atoms with van der Waals surface area (Å²) in [5.74, 6) is 0.562. The lowest BCUT2D eigenvalue weighted by Crippen LogP contribution is -2.40. The molecule has 0 saturated heterocycles. The Balaban J connectivity index is 1.61. The highest BCUT2D eigenvalue weighted by molar-refractivity contribution is 7.07. The van der Waals surface area contributed by atoms with Gasteiger partial charge < -0.3 is 14.2 Å². The number of halogens is 2. The molecule has 0 unspecified atom stereocenters. The first-order chi connectivity index (χ1) is 21.3. The molecular weight excluding hydrogens is 619 g/mol. The van der Waals surface area contributed by atoms with Gasteiger partial charge in [-0.3, -0.25) is 9.36 Å². The van der Waals surface area contributed by atoms with Gasteiger partial charge in [0, 0.05) is 5.56 Å². The Kier molecular flexibility index (Phi) is 9.74. The van der Waals surface area contributed by atoms with Crippen molar-refractivity contribution in [3.05, 3.63) is 137 Å². The number of hydrogen-bond acceptors (Lipinski definition) is 7. The number of benzene rings is 3. The minimum atomic E-state index is -0.667. The fraction of sp³-hybridized carbons (Fsp3) is 0.206. The molecule has 2 heterocycles. The van der Waals surface area contributed by atoms with E-state index in [1.165, 1.54) is 18.4 Å². The summed E-state index contributed by atoms with van der Waals surface area (Å²) < 4.78 is 19.1. The van der Waals surface area contributed by atoms with E-state index in [9.17, 15) is 9.59 Å². The van der Waals surface area contributed by atoms with Crippen LogP contribution in [0.2, 0.25) is 10.0 Å². The number of thiazole rings is 1. The van der Waals surface area contributed by atoms with Gasteiger partial charge in [0.05, 0.1) is 46.1 Å². The summed E-state index contributed by atoms with van der Waals surface area (Å²) in [5, 5.41) is 0.916. The second kappa shape index (κ2) is 13.7. The highest BCUT2D eigenvalue weighted by Crippen LogP contribution is 2.35. The van der Waals surface area contributed by atoms with E-state index >= 15 is 0 Å². The normalized spacial score (nSPS) is 14.6. The van der Waals surface area contributed by atoms with Crippen molar-refractivity contribution in [2.75, 3.05) is 14.2 Å². The zero-order valence-corrected chi connectivity index (χ0v) is 26.8. The number of rotatable bonds is 10. The van der Waals surface area contributed by atoms with E-state index < -0.39 is 12.0 Å². The maximum Gasteiger partial charge on any atom is 0.338 e. The lowest BCUT2D eigenvalue weighted by Gasteiger charge is -2.25. The molecule has 0 saturated carbocycles. The number of carbonyl (C=O) groups is 1. The zero-order valence-electron chi connectivity index (χ0n) is 24.4. The average Bonchev–Trinajstić information content (AvgIpc) is 3.34. The maximum absolute atomic E-state index is 14.0. The van der Waals surface area contributed by atoms with Gasteiger partial charge in [-0.1, -0.05) is 83.9 Å². The molecule has 4 aromatic rings. The molecule has 1 aliphatic heterocycles. The number of ether oxygens (including phenoxy) is 3. The number of esters is 1. The van der Waals surface area contributed by atoms with Crippen LogP contribution in [0.4, 0.5) is 0 Å². The molecule has 0 fully saturated rings. The SMILES string of the molecule is C=CCc1cc(/C=c2\sc3n(c2=O)[C@H](c2ccccc2)C(C(=O)OC)=C(CC)N=3)cc(OC)c1OCc1ccc(Cl)c(Cl)c1. The monoisotopic (exact) mass is 648 g/mol. The summed E-state index contributed by atoms with van der Waals surface area (Å²) in [5.41, 5.74) is 3.91. The van der Waals surface area contributed by atoms with Crippen molar-refractivity contribution in [2.45, 2.75) is 32.4 Å². The van der Waals surface area contributed by atoms with Gasteiger partial charge >= 0.3 is 5.97 Å². The number of nitrogens with zero attached hydrogens (tertiary/aromatic N) is 2. The van der Waals surface area contributed by atoms with Crippen LogP contribution in [0, 0.1) is 0 Å². The van der Waals surface area contributed by atoms with E-state index in [0.717, 1.165) is 22.3 Å². The van der Waals surface area contributed by atoms with Crippen molar-refractivity contribution in [1.29, 1.82) is 0 Å². The molecule has 0 radical (unpaired) electrons. The zero-order chi connectivity index (χ0) is 31.4. The Morgan fingerprint density at radius 1 is 1.09 bits per heavy atom. The highest BCUT2D eigenvalue weighted by Gasteiger charge is 2.33. The van der Waals surface area contributed by atoms with Gasteiger partial charge in [-0.25, -0.2) is 9.79 Å². The molecule has 3 aromatic carbocycles. The van der Waals surface area contributed by atoms with E-state index in [0.29, 0.717) is 55.0 Å². The fourth-order valence-corrected chi connectivity index (χ4v) is 6.48. The number of carbonyl (C=O) groups excluding carboxylic acids is 1. The van der Waals surface area contributed by atoms with E-state index in [4.69, 9.17) is 42.4 Å². The number of hydrogen-bond donors (Lipinski definition) is 0. The van der Waals surface area contributed by atoms with Crippen LogP contribution in [0.1, 0.15) is 41.6 Å². The van der Waals surface area contributed by atoms with Crippen molar-refractivity contribution >= 4 is 46.6 Å². The Hall–Kier alpha value is -4.11. The lowest BCUT2D eigenvalue weighted by molar-refractivity contribution is -0.136. The predicted molar refractivity (Wildman–Crippen MR) is 175 cm³/mol. The molecule has 1 atom stereocenters. The number of allylic oxidation sites excluding steroid dienone is 2. The van der Waals surface area contributed by atoms with Crippen LogP contribution in [0.5, 0.6) is 11.5 Å². The Morgan fingerprint density at radius 2 is 1.86 bits per heavy atom. The average molecular weight is 650 g/mol. The third kappa shape index (κ3) is 6.24. The summed E-state index contributed by atoms with van der Waals surface area (Å²) in [7, 11) is 2.90. The third-order valence-electron chi connectivity index (χ3n) is 7.17. The number of methoxy groups -OCH3 is 2. The van der Waals surface area contributed by atoms with Gasteiger partial charge in [0.15, 0.2) is 16.3 Å². The van der Waals surface area contributed by atoms with E-state index in [2.05, 4.69) is 6.58 Å². The topological polar surface area (TPSA) is 79.1 Å². The van der Waals surface area contributed by atoms with E-state index in [1.807, 2.05) is 55.5 Å². The van der Waals surface area contributed by atoms with Crippen molar-refractivity contribution < 1.29 is 19.0 Å². The van der Waals surface area contributed by atoms with E-state index in [-0.39, 0.29) is 12.2 Å². The summed E-state index contributed by atoms with van der Waals surface area (Å²) >= 11 is 13.5. The second-order valence-electron chi connectivity index (χ2n) is 9.94. The molecule has 0 spiro atoms. The Morgan fingerprint density at radius 3 is 2.52 bits per heavy atom. The Bertz CT molecular complexity index is 1950. The first-order valence-corrected chi connectivity index (χ1v) is 15.4. The maximum atomic E-state index is 14.0. The molecule has 0 bridgehead atoms. The van der Waals surface area contributed by atoms with Crippen LogP contribution in [0.15, 0.2) is 94.4 Å². The van der Waals surface area contributed by atoms with Crippen molar-refractivity contribution in [1.82, 2.24) is 4.57 Å². The molecule has 1 aliphatic rings. The summed E-state index contributed by atoms with van der Waals surface area (Å²) in [6, 6.07) is 17.9. The molecule has 1 aromatic heterocycles. The van der Waals surface area contributed by atoms with Gasteiger partial charge in [0.1, 0.15) is 6.61 Å². The largest absolute Gasteiger partial charge is 0.493 e. The molecule has 0 aliphatic carbocycles. The molecule has 44 heavy (non-hydrogen) atoms. The van der Waals surface area contributed by atoms with Crippen LogP contribution in [0.25, 0.3) is 6.08 Å². The van der Waals surface area contributed by atoms with E-state index in [1.54, 1.807) is 36.0 Å². The molecule has 0 N–H and O–H groups in total. The van der Waals surface area contributed by atoms with Crippen LogP contribution in [0.3, 0.4) is 0 Å². The number of aromatic nitrogens is 1. The van der Waals surface area contributed by atoms with Gasteiger partial charge in [-0.2, -0.15) is 0 Å². The second-order valence-corrected chi connectivity index (χ2v) is 11.8. The van der Waals surface area contributed by atoms with Crippen molar-refractivity contribution in [3.8, 4) is 11.5 Å². The van der Waals surface area contributed by atoms with Gasteiger partial charge in [-0.05, 0) is 59.9 Å². The predicted octanol–water partition coefficient (Wildman–Crippen LogP) is 6.42. The minimum Gasteiger partial charge on any atom is -0.493 e. The molecule has 5 rings (SSSR count). The van der Waals surface area contributed by atoms with Gasteiger partial charge in [-0.15, -0.1) is 6.58 Å². The van der Waals surface area contributed by atoms with Crippen molar-refractivity contribution in [3.63, 3.8) is 0 Å². The molecule has 0 amide bonds. The first kappa shape index (κ1) is 31.3. The number of fused-ring (bicyclic) bond motifs is 1. The standard InChI is InChI=1S/C34H30Cl2N2O5S/c1-5-10-23-15-21(17-27(41-3)31(23)43-19-20-13-14-24(35)25(36)16-20)18-28-32(39)38-30(22-11-8-7-9-12-22)29(33(40)42-4)26(6-2)37-34(38)44-28/h5,7-9,11-18,30H,1,6,10,19H2,2-4H3/b28-18-/t30-/m1/s1. The first-order valence-electron chi connectivity index (χ1n) is 13.9. The summed E-state index contributed by atoms with van der Waals surface area (Å²) in [6.45, 7) is 6.07. The van der Waals surface area contributed by atoms with Gasteiger partial charge in [0.25, 0.3) is 5.56 Å².